The maximum absolute atomic E-state index is 13.0. The molecule has 0 saturated carbocycles. The van der Waals surface area contributed by atoms with Crippen molar-refractivity contribution in [1.82, 2.24) is 9.88 Å². The molecule has 1 aromatic heterocycles. The lowest BCUT2D eigenvalue weighted by Gasteiger charge is -2.23. The summed E-state index contributed by atoms with van der Waals surface area (Å²) in [6.45, 7) is 7.64. The van der Waals surface area contributed by atoms with Gasteiger partial charge in [0, 0.05) is 25.0 Å². The zero-order valence-corrected chi connectivity index (χ0v) is 18.0. The topological polar surface area (TPSA) is 43.8 Å². The van der Waals surface area contributed by atoms with E-state index in [2.05, 4.69) is 36.3 Å². The number of ether oxygens (including phenoxy) is 3. The van der Waals surface area contributed by atoms with Gasteiger partial charge in [0.2, 0.25) is 6.79 Å². The minimum atomic E-state index is -0.272. The monoisotopic (exact) mass is 428 g/mol. The third-order valence-electron chi connectivity index (χ3n) is 4.63. The van der Waals surface area contributed by atoms with Gasteiger partial charge in [0.15, 0.2) is 11.5 Å². The summed E-state index contributed by atoms with van der Waals surface area (Å²) in [4.78, 5) is 7.11. The number of hydrogen-bond acceptors (Lipinski definition) is 6. The molecule has 158 valence electrons. The Hall–Kier alpha value is -2.64. The number of benzene rings is 2. The van der Waals surface area contributed by atoms with Crippen molar-refractivity contribution in [3.8, 4) is 17.2 Å². The number of halogens is 1. The van der Waals surface area contributed by atoms with Gasteiger partial charge in [0.25, 0.3) is 0 Å². The fourth-order valence-electron chi connectivity index (χ4n) is 3.39. The second-order valence-corrected chi connectivity index (χ2v) is 8.67. The fraction of sp³-hybridized carbons (Fsp3) is 0.348. The molecule has 30 heavy (non-hydrogen) atoms. The molecule has 0 aliphatic carbocycles. The van der Waals surface area contributed by atoms with E-state index in [1.165, 1.54) is 17.7 Å². The van der Waals surface area contributed by atoms with Crippen molar-refractivity contribution in [1.29, 1.82) is 0 Å². The first kappa shape index (κ1) is 20.6. The van der Waals surface area contributed by atoms with Crippen LogP contribution in [0.5, 0.6) is 17.2 Å². The third-order valence-corrected chi connectivity index (χ3v) is 5.50. The molecule has 0 unspecified atom stereocenters. The van der Waals surface area contributed by atoms with Gasteiger partial charge in [-0.1, -0.05) is 19.9 Å². The van der Waals surface area contributed by atoms with Crippen molar-refractivity contribution in [3.63, 3.8) is 0 Å². The van der Waals surface area contributed by atoms with Gasteiger partial charge in [-0.3, -0.25) is 4.90 Å². The smallest absolute Gasteiger partial charge is 0.231 e. The van der Waals surface area contributed by atoms with Crippen LogP contribution in [0, 0.1) is 11.7 Å². The van der Waals surface area contributed by atoms with E-state index in [0.29, 0.717) is 18.3 Å². The van der Waals surface area contributed by atoms with Crippen molar-refractivity contribution >= 4 is 11.3 Å². The molecule has 0 radical (unpaired) electrons. The zero-order chi connectivity index (χ0) is 20.9. The molecule has 0 fully saturated rings. The standard InChI is InChI=1S/C23H25FN2O3S/c1-16(2)10-26(11-17-3-8-21-22(9-17)29-15-28-21)12-19-14-30-23(25-19)13-27-20-6-4-18(24)5-7-20/h3-9,14,16H,10-13,15H2,1-2H3. The number of nitrogens with zero attached hydrogens (tertiary/aromatic N) is 2. The van der Waals surface area contributed by atoms with Crippen molar-refractivity contribution in [2.75, 3.05) is 13.3 Å². The molecule has 0 bridgehead atoms. The summed E-state index contributed by atoms with van der Waals surface area (Å²) >= 11 is 1.58. The Morgan fingerprint density at radius 3 is 2.70 bits per heavy atom. The molecule has 1 aliphatic rings. The number of thiazole rings is 1. The van der Waals surface area contributed by atoms with Crippen LogP contribution in [0.4, 0.5) is 4.39 Å². The molecule has 3 aromatic rings. The highest BCUT2D eigenvalue weighted by Crippen LogP contribution is 2.33. The molecule has 0 spiro atoms. The molecule has 7 heteroatoms. The molecule has 0 N–H and O–H groups in total. The minimum Gasteiger partial charge on any atom is -0.486 e. The third kappa shape index (κ3) is 5.49. The number of hydrogen-bond donors (Lipinski definition) is 0. The lowest BCUT2D eigenvalue weighted by Crippen LogP contribution is -2.27. The highest BCUT2D eigenvalue weighted by Gasteiger charge is 2.16. The molecule has 0 amide bonds. The Labute approximate surface area is 180 Å². The molecule has 2 aromatic carbocycles. The van der Waals surface area contributed by atoms with Gasteiger partial charge in [-0.15, -0.1) is 11.3 Å². The molecule has 1 aliphatic heterocycles. The second kappa shape index (κ2) is 9.45. The second-order valence-electron chi connectivity index (χ2n) is 7.73. The van der Waals surface area contributed by atoms with Crippen LogP contribution >= 0.6 is 11.3 Å². The number of fused-ring (bicyclic) bond motifs is 1. The van der Waals surface area contributed by atoms with Crippen LogP contribution in [0.3, 0.4) is 0 Å². The molecule has 5 nitrogen and oxygen atoms in total. The Morgan fingerprint density at radius 1 is 1.10 bits per heavy atom. The summed E-state index contributed by atoms with van der Waals surface area (Å²) in [5, 5.41) is 2.98. The first-order valence-electron chi connectivity index (χ1n) is 9.97. The first-order valence-corrected chi connectivity index (χ1v) is 10.9. The quantitative estimate of drug-likeness (QED) is 0.466. The molecular weight excluding hydrogens is 403 g/mol. The van der Waals surface area contributed by atoms with E-state index >= 15 is 0 Å². The highest BCUT2D eigenvalue weighted by molar-refractivity contribution is 7.09. The van der Waals surface area contributed by atoms with Crippen LogP contribution in [0.15, 0.2) is 47.8 Å². The van der Waals surface area contributed by atoms with Gasteiger partial charge in [-0.25, -0.2) is 9.37 Å². The van der Waals surface area contributed by atoms with E-state index in [1.807, 2.05) is 6.07 Å². The average Bonchev–Trinajstić information content (AvgIpc) is 3.36. The SMILES string of the molecule is CC(C)CN(Cc1ccc2c(c1)OCO2)Cc1csc(COc2ccc(F)cc2)n1. The van der Waals surface area contributed by atoms with Crippen molar-refractivity contribution in [2.45, 2.75) is 33.5 Å². The summed E-state index contributed by atoms with van der Waals surface area (Å²) < 4.78 is 29.6. The Bertz CT molecular complexity index is 975. The van der Waals surface area contributed by atoms with Crippen LogP contribution in [-0.2, 0) is 19.7 Å². The summed E-state index contributed by atoms with van der Waals surface area (Å²) in [7, 11) is 0. The van der Waals surface area contributed by atoms with E-state index in [9.17, 15) is 4.39 Å². The predicted octanol–water partition coefficient (Wildman–Crippen LogP) is 5.25. The van der Waals surface area contributed by atoms with Gasteiger partial charge in [0.1, 0.15) is 23.2 Å². The van der Waals surface area contributed by atoms with Gasteiger partial charge >= 0.3 is 0 Å². The maximum Gasteiger partial charge on any atom is 0.231 e. The van der Waals surface area contributed by atoms with Gasteiger partial charge in [-0.2, -0.15) is 0 Å². The van der Waals surface area contributed by atoms with Crippen LogP contribution in [0.2, 0.25) is 0 Å². The Morgan fingerprint density at radius 2 is 1.90 bits per heavy atom. The van der Waals surface area contributed by atoms with Gasteiger partial charge in [0.05, 0.1) is 5.69 Å². The summed E-state index contributed by atoms with van der Waals surface area (Å²) in [6.07, 6.45) is 0. The van der Waals surface area contributed by atoms with E-state index in [4.69, 9.17) is 19.2 Å². The molecule has 4 rings (SSSR count). The summed E-state index contributed by atoms with van der Waals surface area (Å²) in [5.74, 6) is 2.52. The lowest BCUT2D eigenvalue weighted by molar-refractivity contribution is 0.174. The van der Waals surface area contributed by atoms with E-state index < -0.39 is 0 Å². The van der Waals surface area contributed by atoms with E-state index in [-0.39, 0.29) is 12.6 Å². The normalized spacial score (nSPS) is 12.7. The van der Waals surface area contributed by atoms with Gasteiger partial charge in [-0.05, 0) is 47.9 Å². The van der Waals surface area contributed by atoms with E-state index in [1.54, 1.807) is 23.5 Å². The fourth-order valence-corrected chi connectivity index (χ4v) is 4.09. The van der Waals surface area contributed by atoms with Gasteiger partial charge < -0.3 is 14.2 Å². The van der Waals surface area contributed by atoms with Crippen LogP contribution in [0.1, 0.15) is 30.1 Å². The van der Waals surface area contributed by atoms with Crippen molar-refractivity contribution < 1.29 is 18.6 Å². The minimum absolute atomic E-state index is 0.272. The maximum atomic E-state index is 13.0. The van der Waals surface area contributed by atoms with Crippen LogP contribution in [0.25, 0.3) is 0 Å². The first-order chi connectivity index (χ1) is 14.5. The largest absolute Gasteiger partial charge is 0.486 e. The Balaban J connectivity index is 1.37. The van der Waals surface area contributed by atoms with Crippen molar-refractivity contribution in [2.24, 2.45) is 5.92 Å². The molecular formula is C23H25FN2O3S. The molecule has 2 heterocycles. The molecule has 0 saturated heterocycles. The Kier molecular flexibility index (Phi) is 6.50. The molecule has 0 atom stereocenters. The van der Waals surface area contributed by atoms with Crippen LogP contribution in [-0.4, -0.2) is 23.2 Å². The zero-order valence-electron chi connectivity index (χ0n) is 17.1. The number of aromatic nitrogens is 1. The van der Waals surface area contributed by atoms with Crippen LogP contribution < -0.4 is 14.2 Å². The lowest BCUT2D eigenvalue weighted by atomic mass is 10.1. The summed E-state index contributed by atoms with van der Waals surface area (Å²) in [6, 6.07) is 12.1. The highest BCUT2D eigenvalue weighted by atomic mass is 32.1. The average molecular weight is 429 g/mol. The number of rotatable bonds is 9. The van der Waals surface area contributed by atoms with E-state index in [0.717, 1.165) is 41.8 Å². The predicted molar refractivity (Wildman–Crippen MR) is 114 cm³/mol. The van der Waals surface area contributed by atoms with Crippen molar-refractivity contribution in [3.05, 3.63) is 69.9 Å². The summed E-state index contributed by atoms with van der Waals surface area (Å²) in [5.41, 5.74) is 2.22.